The lowest BCUT2D eigenvalue weighted by molar-refractivity contribution is 0.786. The van der Waals surface area contributed by atoms with Crippen LogP contribution in [0.4, 0.5) is 0 Å². The normalized spacial score (nSPS) is 25.6. The van der Waals surface area contributed by atoms with E-state index in [4.69, 9.17) is 5.73 Å². The Morgan fingerprint density at radius 3 is 3.00 bits per heavy atom. The van der Waals surface area contributed by atoms with Crippen molar-refractivity contribution in [2.45, 2.75) is 25.3 Å². The van der Waals surface area contributed by atoms with E-state index in [1.54, 1.807) is 0 Å². The second-order valence-corrected chi connectivity index (χ2v) is 3.70. The van der Waals surface area contributed by atoms with E-state index in [1.807, 2.05) is 6.08 Å². The molecule has 0 aromatic carbocycles. The number of nitrogens with two attached hydrogens (primary N) is 1. The summed E-state index contributed by atoms with van der Waals surface area (Å²) in [6.45, 7) is 0. The van der Waals surface area contributed by atoms with Crippen LogP contribution >= 0.6 is 0 Å². The lowest BCUT2D eigenvalue weighted by Crippen LogP contribution is -2.21. The summed E-state index contributed by atoms with van der Waals surface area (Å²) in [5.74, 6) is 0. The second kappa shape index (κ2) is 4.29. The van der Waals surface area contributed by atoms with Gasteiger partial charge in [0.05, 0.1) is 0 Å². The van der Waals surface area contributed by atoms with Gasteiger partial charge < -0.3 is 11.1 Å². The molecule has 0 aromatic rings. The first-order chi connectivity index (χ1) is 6.84. The molecular weight excluding hydrogens is 172 g/mol. The van der Waals surface area contributed by atoms with Crippen LogP contribution in [0.3, 0.4) is 0 Å². The highest BCUT2D eigenvalue weighted by molar-refractivity contribution is 5.29. The average molecular weight is 188 g/mol. The molecule has 0 heterocycles. The Morgan fingerprint density at radius 2 is 2.36 bits per heavy atom. The molecule has 0 saturated heterocycles. The first kappa shape index (κ1) is 9.28. The molecule has 3 N–H and O–H groups in total. The van der Waals surface area contributed by atoms with Gasteiger partial charge in [0.1, 0.15) is 0 Å². The van der Waals surface area contributed by atoms with Crippen molar-refractivity contribution in [3.63, 3.8) is 0 Å². The molecule has 0 spiro atoms. The molecule has 2 nitrogen and oxygen atoms in total. The van der Waals surface area contributed by atoms with E-state index < -0.39 is 0 Å². The third-order valence-electron chi connectivity index (χ3n) is 2.45. The summed E-state index contributed by atoms with van der Waals surface area (Å²) in [6, 6.07) is 0.195. The molecule has 0 amide bonds. The van der Waals surface area contributed by atoms with Crippen molar-refractivity contribution in [1.82, 2.24) is 5.32 Å². The van der Waals surface area contributed by atoms with Gasteiger partial charge in [0.25, 0.3) is 0 Å². The highest BCUT2D eigenvalue weighted by atomic mass is 14.9. The first-order valence-corrected chi connectivity index (χ1v) is 5.11. The molecule has 0 bridgehead atoms. The molecular formula is C12H16N2. The minimum absolute atomic E-state index is 0.195. The fourth-order valence-electron chi connectivity index (χ4n) is 1.62. The van der Waals surface area contributed by atoms with Gasteiger partial charge in [0, 0.05) is 17.4 Å². The van der Waals surface area contributed by atoms with E-state index in [0.717, 1.165) is 19.3 Å². The summed E-state index contributed by atoms with van der Waals surface area (Å²) in [6.07, 6.45) is 15.9. The molecule has 0 saturated carbocycles. The van der Waals surface area contributed by atoms with E-state index in [-0.39, 0.29) is 6.04 Å². The van der Waals surface area contributed by atoms with Crippen LogP contribution in [0.25, 0.3) is 0 Å². The maximum absolute atomic E-state index is 5.75. The largest absolute Gasteiger partial charge is 0.359 e. The zero-order valence-corrected chi connectivity index (χ0v) is 8.24. The quantitative estimate of drug-likeness (QED) is 0.695. The van der Waals surface area contributed by atoms with Gasteiger partial charge in [-0.1, -0.05) is 24.3 Å². The molecule has 74 valence electrons. The van der Waals surface area contributed by atoms with Gasteiger partial charge in [0.2, 0.25) is 0 Å². The van der Waals surface area contributed by atoms with Gasteiger partial charge in [-0.3, -0.25) is 0 Å². The van der Waals surface area contributed by atoms with Crippen molar-refractivity contribution in [2.75, 3.05) is 0 Å². The summed E-state index contributed by atoms with van der Waals surface area (Å²) < 4.78 is 0. The molecule has 0 radical (unpaired) electrons. The lowest BCUT2D eigenvalue weighted by atomic mass is 10.1. The Morgan fingerprint density at radius 1 is 1.43 bits per heavy atom. The molecule has 2 aliphatic carbocycles. The number of hydrogen-bond donors (Lipinski definition) is 2. The summed E-state index contributed by atoms with van der Waals surface area (Å²) in [5, 5.41) is 3.41. The fraction of sp³-hybridized carbons (Fsp3) is 0.333. The number of hydrogen-bond acceptors (Lipinski definition) is 2. The molecule has 2 aliphatic rings. The van der Waals surface area contributed by atoms with Gasteiger partial charge in [-0.15, -0.1) is 0 Å². The summed E-state index contributed by atoms with van der Waals surface area (Å²) >= 11 is 0. The zero-order valence-electron chi connectivity index (χ0n) is 8.24. The van der Waals surface area contributed by atoms with Crippen LogP contribution in [0, 0.1) is 0 Å². The molecule has 0 aliphatic heterocycles. The van der Waals surface area contributed by atoms with E-state index in [9.17, 15) is 0 Å². The predicted octanol–water partition coefficient (Wildman–Crippen LogP) is 1.98. The van der Waals surface area contributed by atoms with Crippen LogP contribution in [0.1, 0.15) is 19.3 Å². The second-order valence-electron chi connectivity index (χ2n) is 3.70. The highest BCUT2D eigenvalue weighted by Crippen LogP contribution is 2.13. The summed E-state index contributed by atoms with van der Waals surface area (Å²) in [7, 11) is 0. The average Bonchev–Trinajstić information content (AvgIpc) is 2.23. The Labute approximate surface area is 84.9 Å². The van der Waals surface area contributed by atoms with Crippen LogP contribution in [-0.4, -0.2) is 6.04 Å². The molecule has 1 atom stereocenters. The van der Waals surface area contributed by atoms with Gasteiger partial charge in [-0.05, 0) is 31.4 Å². The van der Waals surface area contributed by atoms with E-state index in [2.05, 4.69) is 35.7 Å². The van der Waals surface area contributed by atoms with Gasteiger partial charge in [-0.2, -0.15) is 0 Å². The Kier molecular flexibility index (Phi) is 2.84. The smallest absolute Gasteiger partial charge is 0.0339 e. The number of nitrogens with one attached hydrogen (secondary N) is 1. The SMILES string of the molecule is NC1C=CC(NC2=CC=CCC2)=CC1. The Balaban J connectivity index is 1.95. The molecule has 2 heteroatoms. The molecule has 2 rings (SSSR count). The predicted molar refractivity (Wildman–Crippen MR) is 59.4 cm³/mol. The fourth-order valence-corrected chi connectivity index (χ4v) is 1.62. The van der Waals surface area contributed by atoms with Crippen molar-refractivity contribution in [3.05, 3.63) is 47.9 Å². The van der Waals surface area contributed by atoms with Gasteiger partial charge in [0.15, 0.2) is 0 Å². The van der Waals surface area contributed by atoms with Crippen LogP contribution in [0.2, 0.25) is 0 Å². The number of rotatable bonds is 2. The van der Waals surface area contributed by atoms with Crippen molar-refractivity contribution >= 4 is 0 Å². The molecule has 0 aromatic heterocycles. The minimum Gasteiger partial charge on any atom is -0.359 e. The van der Waals surface area contributed by atoms with Crippen LogP contribution in [0.15, 0.2) is 47.9 Å². The van der Waals surface area contributed by atoms with E-state index in [0.29, 0.717) is 0 Å². The standard InChI is InChI=1S/C12H16N2/c13-10-6-8-12(9-7-10)14-11-4-2-1-3-5-11/h1-2,4,6,8-10,14H,3,5,7,13H2. The van der Waals surface area contributed by atoms with Crippen LogP contribution < -0.4 is 11.1 Å². The van der Waals surface area contributed by atoms with Gasteiger partial charge >= 0.3 is 0 Å². The van der Waals surface area contributed by atoms with E-state index in [1.165, 1.54) is 11.4 Å². The first-order valence-electron chi connectivity index (χ1n) is 5.11. The lowest BCUT2D eigenvalue weighted by Gasteiger charge is -2.16. The monoisotopic (exact) mass is 188 g/mol. The zero-order chi connectivity index (χ0) is 9.80. The molecule has 14 heavy (non-hydrogen) atoms. The molecule has 0 fully saturated rings. The van der Waals surface area contributed by atoms with Crippen molar-refractivity contribution < 1.29 is 0 Å². The molecule has 1 unspecified atom stereocenters. The number of allylic oxidation sites excluding steroid dienone is 5. The summed E-state index contributed by atoms with van der Waals surface area (Å²) in [5.41, 5.74) is 8.21. The third kappa shape index (κ3) is 2.36. The maximum atomic E-state index is 5.75. The van der Waals surface area contributed by atoms with Crippen molar-refractivity contribution in [1.29, 1.82) is 0 Å². The Hall–Kier alpha value is -1.28. The van der Waals surface area contributed by atoms with Crippen molar-refractivity contribution in [2.24, 2.45) is 5.73 Å². The topological polar surface area (TPSA) is 38.0 Å². The van der Waals surface area contributed by atoms with Crippen molar-refractivity contribution in [3.8, 4) is 0 Å². The van der Waals surface area contributed by atoms with Crippen LogP contribution in [-0.2, 0) is 0 Å². The van der Waals surface area contributed by atoms with E-state index >= 15 is 0 Å². The Bertz CT molecular complexity index is 321. The summed E-state index contributed by atoms with van der Waals surface area (Å²) in [4.78, 5) is 0. The highest BCUT2D eigenvalue weighted by Gasteiger charge is 2.05. The third-order valence-corrected chi connectivity index (χ3v) is 2.45. The maximum Gasteiger partial charge on any atom is 0.0339 e. The van der Waals surface area contributed by atoms with Gasteiger partial charge in [-0.25, -0.2) is 0 Å². The minimum atomic E-state index is 0.195. The van der Waals surface area contributed by atoms with Crippen LogP contribution in [0.5, 0.6) is 0 Å².